The number of carboxylic acids is 4. The number of Topliss-reactive ketones (excluding diaryl/α,β-unsaturated/α-hetero) is 2. The quantitative estimate of drug-likeness (QED) is 0.0409. The van der Waals surface area contributed by atoms with Crippen LogP contribution in [-0.2, 0) is 77.4 Å². The molecule has 0 radical (unpaired) electrons. The maximum Gasteiger partial charge on any atom is 0.490 e. The van der Waals surface area contributed by atoms with Crippen LogP contribution in [0.3, 0.4) is 0 Å². The van der Waals surface area contributed by atoms with E-state index in [4.69, 9.17) is 58.8 Å². The lowest BCUT2D eigenvalue weighted by Gasteiger charge is -2.50. The van der Waals surface area contributed by atoms with Crippen LogP contribution in [-0.4, -0.2) is 156 Å². The molecule has 0 saturated carbocycles. The number of nitrogen functional groups attached to an aromatic ring is 2. The van der Waals surface area contributed by atoms with E-state index in [1.165, 1.54) is 10.8 Å². The van der Waals surface area contributed by atoms with E-state index in [0.717, 1.165) is 43.4 Å². The van der Waals surface area contributed by atoms with Crippen molar-refractivity contribution in [3.63, 3.8) is 0 Å². The second-order valence-corrected chi connectivity index (χ2v) is 16.4. The van der Waals surface area contributed by atoms with Crippen LogP contribution in [0, 0.1) is 11.8 Å². The summed E-state index contributed by atoms with van der Waals surface area (Å²) in [5, 5.41) is 41.2. The molecule has 2 fully saturated rings. The van der Waals surface area contributed by atoms with Gasteiger partial charge in [0.1, 0.15) is 11.4 Å². The number of halogens is 3. The Morgan fingerprint density at radius 2 is 1.06 bits per heavy atom. The van der Waals surface area contributed by atoms with Crippen molar-refractivity contribution in [1.29, 1.82) is 0 Å². The third-order valence-corrected chi connectivity index (χ3v) is 9.32. The maximum atomic E-state index is 12.8. The van der Waals surface area contributed by atoms with E-state index in [-0.39, 0.29) is 31.8 Å². The summed E-state index contributed by atoms with van der Waals surface area (Å²) in [6, 6.07) is 0. The van der Waals surface area contributed by atoms with Crippen LogP contribution in [0.5, 0.6) is 0 Å². The molecule has 2 aromatic heterocycles. The smallest absolute Gasteiger partial charge is 0.481 e. The number of oxime groups is 2. The van der Waals surface area contributed by atoms with Gasteiger partial charge in [-0.2, -0.15) is 40.1 Å². The summed E-state index contributed by atoms with van der Waals surface area (Å²) in [5.74, 6) is -13.9. The molecule has 2 saturated heterocycles. The number of rotatable bonds is 18. The van der Waals surface area contributed by atoms with Crippen molar-refractivity contribution in [2.45, 2.75) is 64.6 Å². The Morgan fingerprint density at radius 1 is 0.761 bits per heavy atom. The number of carbonyl (C=O) groups is 8. The van der Waals surface area contributed by atoms with Gasteiger partial charge in [0.15, 0.2) is 33.3 Å². The van der Waals surface area contributed by atoms with Gasteiger partial charge in [-0.25, -0.2) is 24.4 Å². The lowest BCUT2D eigenvalue weighted by Crippen LogP contribution is -2.68. The second-order valence-electron chi connectivity index (χ2n) is 12.6. The number of carboxylic acid groups (broad SMARTS) is 4. The number of amides is 2. The lowest BCUT2D eigenvalue weighted by atomic mass is 9.74. The van der Waals surface area contributed by atoms with E-state index in [9.17, 15) is 58.8 Å². The first-order chi connectivity index (χ1) is 32.8. The first-order valence-corrected chi connectivity index (χ1v) is 21.2. The van der Waals surface area contributed by atoms with Gasteiger partial charge in [-0.3, -0.25) is 33.1 Å². The van der Waals surface area contributed by atoms with Crippen LogP contribution >= 0.6 is 22.7 Å². The van der Waals surface area contributed by atoms with Gasteiger partial charge in [-0.1, -0.05) is 10.3 Å². The normalized spacial score (nSPS) is 22.2. The summed E-state index contributed by atoms with van der Waals surface area (Å²) in [4.78, 5) is 106. The van der Waals surface area contributed by atoms with Gasteiger partial charge >= 0.3 is 44.9 Å². The van der Waals surface area contributed by atoms with Gasteiger partial charge in [-0.05, 0) is 27.6 Å². The Morgan fingerprint density at radius 3 is 1.27 bits per heavy atom. The first-order valence-electron chi connectivity index (χ1n) is 19.7. The number of β-lactam (4-membered cyclic amide) rings is 2. The molecule has 2 aliphatic heterocycles. The van der Waals surface area contributed by atoms with Crippen LogP contribution < -0.4 is 11.5 Å². The zero-order chi connectivity index (χ0) is 57.2. The molecule has 0 bridgehead atoms. The molecule has 2 aromatic rings. The van der Waals surface area contributed by atoms with E-state index in [1.54, 1.807) is 0 Å². The molecule has 0 unspecified atom stereocenters. The first kappa shape index (κ1) is 48.4. The number of ketones is 2. The van der Waals surface area contributed by atoms with Crippen molar-refractivity contribution in [2.24, 2.45) is 22.1 Å². The fourth-order valence-electron chi connectivity index (χ4n) is 4.50. The molecule has 4 rings (SSSR count). The number of hydroxylamine groups is 4. The number of alkyl halides is 3. The fraction of sp³-hybridized carbons (Fsp3) is 0.467. The Labute approximate surface area is 389 Å². The molecule has 4 atom stereocenters. The third kappa shape index (κ3) is 18.4. The average molecular weight is 1050 g/mol. The highest BCUT2D eigenvalue weighted by Gasteiger charge is 2.59. The van der Waals surface area contributed by atoms with Gasteiger partial charge < -0.3 is 41.6 Å². The van der Waals surface area contributed by atoms with Crippen molar-refractivity contribution in [3.8, 4) is 0 Å². The second kappa shape index (κ2) is 23.3. The molecule has 30 nitrogen and oxygen atoms in total. The van der Waals surface area contributed by atoms with E-state index >= 15 is 0 Å². The highest BCUT2D eigenvalue weighted by molar-refractivity contribution is 7.81. The summed E-state index contributed by atoms with van der Waals surface area (Å²) in [5.41, 5.74) is 5.15. The monoisotopic (exact) mass is 1050 g/mol. The van der Waals surface area contributed by atoms with Crippen LogP contribution in [0.1, 0.15) is 66.9 Å². The SMILES string of the molecule is CC(=O)O.O=C(O)C(F)(F)F.[2H]C([2H])([2H])[C@@]1(C)[C@H](CC(=O)/C(=N\OCC(=O)O)c2csc(N)n2)C(=O)N1OS(=O)(=O)O.[2H]C([2H])([2H])[C@@]1(C)[C@H](CC(=O)/C(=N\OCC(=O)O)c2csc(N)n2)C(=O)N1OS(=O)(=O)O. The molecule has 374 valence electrons. The highest BCUT2D eigenvalue weighted by atomic mass is 32.3. The molecule has 2 aliphatic rings. The molecule has 67 heavy (non-hydrogen) atoms. The lowest BCUT2D eigenvalue weighted by molar-refractivity contribution is -0.228. The van der Waals surface area contributed by atoms with Crippen molar-refractivity contribution in [1.82, 2.24) is 20.1 Å². The van der Waals surface area contributed by atoms with Crippen LogP contribution in [0.4, 0.5) is 23.4 Å². The number of anilines is 2. The van der Waals surface area contributed by atoms with E-state index in [0.29, 0.717) is 0 Å². The molecular formula is C30H37F3N8O22S4. The standard InChI is InChI=1S/2C13H16N4O9S2.C2HF3O2.C2H4O2/c2*1-13(2)6(11(21)17(13)26-28(22,23)24)3-8(18)10(16-25-4-9(19)20)7-5-27-12(14)15-7;3-2(4,5)1(6)7;1-2(3)4/h2*5-6H,3-4H2,1-2H3,(H2,14,15)(H,19,20)(H,22,23,24);(H,6,7);1H3,(H,3,4)/b2*16-10-;;/t2*6-;;/m11../s1/i2*1D3;;/t2*6-,13-;;. The summed E-state index contributed by atoms with van der Waals surface area (Å²) in [7, 11) is -10.5. The largest absolute Gasteiger partial charge is 0.490 e. The van der Waals surface area contributed by atoms with Crippen LogP contribution in [0.25, 0.3) is 0 Å². The van der Waals surface area contributed by atoms with Crippen molar-refractivity contribution in [2.75, 3.05) is 24.7 Å². The van der Waals surface area contributed by atoms with Gasteiger partial charge in [0, 0.05) is 38.8 Å². The molecule has 0 aromatic carbocycles. The maximum absolute atomic E-state index is 12.8. The predicted octanol–water partition coefficient (Wildman–Crippen LogP) is -0.353. The molecule has 0 aliphatic carbocycles. The number of aromatic nitrogens is 2. The minimum absolute atomic E-state index is 0.0357. The summed E-state index contributed by atoms with van der Waals surface area (Å²) in [6.45, 7) is -4.88. The minimum atomic E-state index is -5.23. The average Bonchev–Trinajstić information content (AvgIpc) is 3.85. The Bertz CT molecular complexity index is 2570. The molecule has 0 spiro atoms. The van der Waals surface area contributed by atoms with Crippen molar-refractivity contribution in [3.05, 3.63) is 22.1 Å². The number of nitrogens with two attached hydrogens (primary N) is 2. The van der Waals surface area contributed by atoms with Gasteiger partial charge in [0.05, 0.1) is 22.9 Å². The summed E-state index contributed by atoms with van der Waals surface area (Å²) < 4.78 is 147. The van der Waals surface area contributed by atoms with Crippen molar-refractivity contribution >= 4 is 112 Å². The highest BCUT2D eigenvalue weighted by Crippen LogP contribution is 2.42. The molecule has 37 heteroatoms. The molecule has 2 amide bonds. The Balaban J connectivity index is 0.000000605. The predicted molar refractivity (Wildman–Crippen MR) is 214 cm³/mol. The fourth-order valence-corrected chi connectivity index (χ4v) is 6.43. The molecule has 10 N–H and O–H groups in total. The third-order valence-electron chi connectivity index (χ3n) is 7.30. The summed E-state index contributed by atoms with van der Waals surface area (Å²) in [6.07, 6.45) is -6.68. The number of aliphatic carboxylic acids is 4. The number of hydrogen-bond donors (Lipinski definition) is 8. The van der Waals surface area contributed by atoms with Crippen LogP contribution in [0.15, 0.2) is 21.1 Å². The number of thiazole rings is 2. The van der Waals surface area contributed by atoms with E-state index in [2.05, 4.69) is 38.5 Å². The Kier molecular flexibility index (Phi) is 16.8. The number of hydrogen-bond acceptors (Lipinski definition) is 24. The molecule has 4 heterocycles. The van der Waals surface area contributed by atoms with Gasteiger partial charge in [-0.15, -0.1) is 31.2 Å². The molecular weight excluding hydrogens is 1010 g/mol. The zero-order valence-electron chi connectivity index (χ0n) is 39.5. The minimum Gasteiger partial charge on any atom is -0.481 e. The van der Waals surface area contributed by atoms with Crippen LogP contribution in [0.2, 0.25) is 0 Å². The zero-order valence-corrected chi connectivity index (χ0v) is 36.7. The summed E-state index contributed by atoms with van der Waals surface area (Å²) >= 11 is 1.84. The van der Waals surface area contributed by atoms with Gasteiger partial charge in [0.2, 0.25) is 13.2 Å². The number of carbonyl (C=O) groups excluding carboxylic acids is 4. The Hall–Kier alpha value is -6.51. The van der Waals surface area contributed by atoms with E-state index < -0.39 is 148 Å². The van der Waals surface area contributed by atoms with Crippen molar-refractivity contribution < 1.29 is 124 Å². The van der Waals surface area contributed by atoms with Gasteiger partial charge in [0.25, 0.3) is 17.8 Å². The topological polar surface area (TPSA) is 472 Å². The number of nitrogens with zero attached hydrogens (tertiary/aromatic N) is 6. The van der Waals surface area contributed by atoms with E-state index in [1.807, 2.05) is 0 Å².